The van der Waals surface area contributed by atoms with Gasteiger partial charge in [0.2, 0.25) is 0 Å². The van der Waals surface area contributed by atoms with Crippen molar-refractivity contribution in [2.24, 2.45) is 0 Å². The highest BCUT2D eigenvalue weighted by Gasteiger charge is 2.32. The molecule has 1 atom stereocenters. The lowest BCUT2D eigenvalue weighted by Gasteiger charge is -2.20. The van der Waals surface area contributed by atoms with Gasteiger partial charge in [0.25, 0.3) is 0 Å². The molecule has 0 aromatic heterocycles. The number of phosphoric acid groups is 1. The molecule has 0 heterocycles. The van der Waals surface area contributed by atoms with Crippen LogP contribution in [0.1, 0.15) is 6.92 Å². The van der Waals surface area contributed by atoms with Crippen molar-refractivity contribution in [1.29, 1.82) is 0 Å². The van der Waals surface area contributed by atoms with E-state index in [1.54, 1.807) is 55.5 Å². The Morgan fingerprint density at radius 1 is 0.952 bits per heavy atom. The molecule has 0 aliphatic carbocycles. The van der Waals surface area contributed by atoms with Gasteiger partial charge < -0.3 is 9.05 Å². The Labute approximate surface area is 124 Å². The molecular weight excluding hydrogens is 287 g/mol. The van der Waals surface area contributed by atoms with Crippen LogP contribution in [0.5, 0.6) is 11.5 Å². The molecule has 5 heteroatoms. The Morgan fingerprint density at radius 3 is 1.76 bits per heavy atom. The SMILES string of the molecule is C=CC(C)OP(=O)(Oc1ccccc1)Oc1ccccc1. The van der Waals surface area contributed by atoms with Gasteiger partial charge in [-0.1, -0.05) is 42.5 Å². The minimum absolute atomic E-state index is 0.410. The quantitative estimate of drug-likeness (QED) is 0.542. The molecule has 0 spiro atoms. The number of phosphoric ester groups is 1. The molecule has 110 valence electrons. The minimum Gasteiger partial charge on any atom is -0.395 e. The first-order valence-corrected chi connectivity index (χ1v) is 7.98. The first-order chi connectivity index (χ1) is 10.1. The van der Waals surface area contributed by atoms with Gasteiger partial charge in [0.15, 0.2) is 0 Å². The number of para-hydroxylation sites is 2. The van der Waals surface area contributed by atoms with Gasteiger partial charge in [-0.15, -0.1) is 6.58 Å². The highest BCUT2D eigenvalue weighted by Crippen LogP contribution is 2.50. The van der Waals surface area contributed by atoms with Gasteiger partial charge in [0.05, 0.1) is 6.10 Å². The zero-order valence-corrected chi connectivity index (χ0v) is 12.6. The van der Waals surface area contributed by atoms with Crippen LogP contribution in [0.4, 0.5) is 0 Å². The molecule has 0 fully saturated rings. The van der Waals surface area contributed by atoms with Crippen LogP contribution in [0.3, 0.4) is 0 Å². The van der Waals surface area contributed by atoms with Crippen molar-refractivity contribution in [2.45, 2.75) is 13.0 Å². The number of hydrogen-bond acceptors (Lipinski definition) is 4. The lowest BCUT2D eigenvalue weighted by atomic mass is 10.3. The van der Waals surface area contributed by atoms with Gasteiger partial charge in [0.1, 0.15) is 11.5 Å². The summed E-state index contributed by atoms with van der Waals surface area (Å²) in [4.78, 5) is 0. The fourth-order valence-corrected chi connectivity index (χ4v) is 2.91. The fourth-order valence-electron chi connectivity index (χ4n) is 1.53. The molecule has 0 bridgehead atoms. The van der Waals surface area contributed by atoms with Crippen molar-refractivity contribution in [1.82, 2.24) is 0 Å². The standard InChI is InChI=1S/C16H17O4P/c1-3-14(2)18-21(17,19-15-10-6-4-7-11-15)20-16-12-8-5-9-13-16/h3-14H,1H2,2H3. The molecule has 1 unspecified atom stereocenters. The summed E-state index contributed by atoms with van der Waals surface area (Å²) in [6.07, 6.45) is 1.05. The van der Waals surface area contributed by atoms with E-state index in [1.807, 2.05) is 12.1 Å². The van der Waals surface area contributed by atoms with Crippen LogP contribution in [0.25, 0.3) is 0 Å². The Balaban J connectivity index is 2.21. The predicted molar refractivity (Wildman–Crippen MR) is 82.5 cm³/mol. The molecule has 2 aromatic carbocycles. The van der Waals surface area contributed by atoms with Gasteiger partial charge >= 0.3 is 7.82 Å². The van der Waals surface area contributed by atoms with Gasteiger partial charge in [-0.3, -0.25) is 4.52 Å². The highest BCUT2D eigenvalue weighted by molar-refractivity contribution is 7.49. The average molecular weight is 304 g/mol. The third kappa shape index (κ3) is 4.78. The summed E-state index contributed by atoms with van der Waals surface area (Å²) in [5, 5.41) is 0. The smallest absolute Gasteiger partial charge is 0.395 e. The van der Waals surface area contributed by atoms with E-state index in [4.69, 9.17) is 13.6 Å². The third-order valence-corrected chi connectivity index (χ3v) is 4.01. The largest absolute Gasteiger partial charge is 0.588 e. The minimum atomic E-state index is -3.81. The van der Waals surface area contributed by atoms with Gasteiger partial charge in [-0.25, -0.2) is 4.57 Å². The van der Waals surface area contributed by atoms with Crippen LogP contribution >= 0.6 is 7.82 Å². The molecule has 4 nitrogen and oxygen atoms in total. The summed E-state index contributed by atoms with van der Waals surface area (Å²) in [5.41, 5.74) is 0. The first kappa shape index (κ1) is 15.4. The Hall–Kier alpha value is -2.03. The second-order valence-electron chi connectivity index (χ2n) is 4.30. The van der Waals surface area contributed by atoms with Gasteiger partial charge in [-0.2, -0.15) is 0 Å². The molecule has 0 saturated carbocycles. The summed E-state index contributed by atoms with van der Waals surface area (Å²) in [6.45, 7) is 5.31. The second-order valence-corrected chi connectivity index (χ2v) is 5.77. The van der Waals surface area contributed by atoms with Crippen LogP contribution in [0, 0.1) is 0 Å². The van der Waals surface area contributed by atoms with E-state index in [9.17, 15) is 4.57 Å². The van der Waals surface area contributed by atoms with Gasteiger partial charge in [-0.05, 0) is 31.2 Å². The van der Waals surface area contributed by atoms with Crippen molar-refractivity contribution in [3.63, 3.8) is 0 Å². The van der Waals surface area contributed by atoms with E-state index in [0.29, 0.717) is 11.5 Å². The van der Waals surface area contributed by atoms with Crippen molar-refractivity contribution in [3.05, 3.63) is 73.3 Å². The molecule has 0 amide bonds. The molecular formula is C16H17O4P. The molecule has 0 radical (unpaired) electrons. The maximum Gasteiger partial charge on any atom is 0.588 e. The van der Waals surface area contributed by atoms with Crippen molar-refractivity contribution in [3.8, 4) is 11.5 Å². The van der Waals surface area contributed by atoms with E-state index >= 15 is 0 Å². The van der Waals surface area contributed by atoms with Crippen molar-refractivity contribution in [2.75, 3.05) is 0 Å². The zero-order chi connectivity index (χ0) is 15.1. The molecule has 0 aliphatic rings. The number of hydrogen-bond donors (Lipinski definition) is 0. The summed E-state index contributed by atoms with van der Waals surface area (Å²) in [6, 6.07) is 17.5. The third-order valence-electron chi connectivity index (χ3n) is 2.55. The molecule has 2 rings (SSSR count). The van der Waals surface area contributed by atoms with Crippen LogP contribution in [0.2, 0.25) is 0 Å². The lowest BCUT2D eigenvalue weighted by Crippen LogP contribution is -2.10. The maximum atomic E-state index is 12.8. The second kappa shape index (κ2) is 7.11. The van der Waals surface area contributed by atoms with E-state index in [0.717, 1.165) is 0 Å². The van der Waals surface area contributed by atoms with Crippen LogP contribution in [-0.2, 0) is 9.09 Å². The number of benzene rings is 2. The molecule has 0 N–H and O–H groups in total. The van der Waals surface area contributed by atoms with Gasteiger partial charge in [0, 0.05) is 0 Å². The van der Waals surface area contributed by atoms with E-state index in [1.165, 1.54) is 6.08 Å². The normalized spacial score (nSPS) is 12.4. The molecule has 21 heavy (non-hydrogen) atoms. The van der Waals surface area contributed by atoms with Crippen LogP contribution in [-0.4, -0.2) is 6.10 Å². The summed E-state index contributed by atoms with van der Waals surface area (Å²) in [5.74, 6) is 0.820. The lowest BCUT2D eigenvalue weighted by molar-refractivity contribution is 0.183. The van der Waals surface area contributed by atoms with E-state index in [2.05, 4.69) is 6.58 Å². The summed E-state index contributed by atoms with van der Waals surface area (Å²) < 4.78 is 29.1. The van der Waals surface area contributed by atoms with E-state index in [-0.39, 0.29) is 0 Å². The first-order valence-electron chi connectivity index (χ1n) is 6.51. The zero-order valence-electron chi connectivity index (χ0n) is 11.7. The Morgan fingerprint density at radius 2 is 1.38 bits per heavy atom. The van der Waals surface area contributed by atoms with Crippen LogP contribution in [0.15, 0.2) is 73.3 Å². The highest BCUT2D eigenvalue weighted by atomic mass is 31.2. The fraction of sp³-hybridized carbons (Fsp3) is 0.125. The monoisotopic (exact) mass is 304 g/mol. The van der Waals surface area contributed by atoms with Crippen molar-refractivity contribution >= 4 is 7.82 Å². The van der Waals surface area contributed by atoms with Crippen molar-refractivity contribution < 1.29 is 18.1 Å². The predicted octanol–water partition coefficient (Wildman–Crippen LogP) is 4.84. The van der Waals surface area contributed by atoms with Crippen LogP contribution < -0.4 is 9.05 Å². The maximum absolute atomic E-state index is 12.8. The van der Waals surface area contributed by atoms with E-state index < -0.39 is 13.9 Å². The topological polar surface area (TPSA) is 44.8 Å². The molecule has 0 aliphatic heterocycles. The Bertz CT molecular complexity index is 567. The Kier molecular flexibility index (Phi) is 5.20. The average Bonchev–Trinajstić information content (AvgIpc) is 2.48. The summed E-state index contributed by atoms with van der Waals surface area (Å²) in [7, 11) is -3.81. The summed E-state index contributed by atoms with van der Waals surface area (Å²) >= 11 is 0. The number of rotatable bonds is 7. The molecule has 2 aromatic rings. The molecule has 0 saturated heterocycles.